The van der Waals surface area contributed by atoms with Gasteiger partial charge in [0.05, 0.1) is 0 Å². The van der Waals surface area contributed by atoms with Crippen LogP contribution in [0.15, 0.2) is 18.3 Å². The maximum atomic E-state index is 4.17. The van der Waals surface area contributed by atoms with Gasteiger partial charge >= 0.3 is 0 Å². The smallest absolute Gasteiger partial charge is 0.151 e. The van der Waals surface area contributed by atoms with Gasteiger partial charge in [0.1, 0.15) is 0 Å². The molecule has 3 heterocycles. The zero-order valence-corrected chi connectivity index (χ0v) is 8.82. The number of hydrogen-bond acceptors (Lipinski definition) is 4. The first-order chi connectivity index (χ1) is 7.38. The van der Waals surface area contributed by atoms with E-state index in [4.69, 9.17) is 0 Å². The van der Waals surface area contributed by atoms with Crippen LogP contribution in [0.4, 0.5) is 5.82 Å². The van der Waals surface area contributed by atoms with Crippen LogP contribution in [-0.4, -0.2) is 36.4 Å². The van der Waals surface area contributed by atoms with Gasteiger partial charge in [-0.15, -0.1) is 5.10 Å². The van der Waals surface area contributed by atoms with Crippen LogP contribution in [0.5, 0.6) is 0 Å². The van der Waals surface area contributed by atoms with Crippen LogP contribution in [-0.2, 0) is 0 Å². The van der Waals surface area contributed by atoms with E-state index in [-0.39, 0.29) is 0 Å². The number of hydrogen-bond donors (Lipinski definition) is 1. The van der Waals surface area contributed by atoms with Gasteiger partial charge in [-0.25, -0.2) is 0 Å². The lowest BCUT2D eigenvalue weighted by Crippen LogP contribution is -2.29. The molecule has 1 unspecified atom stereocenters. The Morgan fingerprint density at radius 2 is 2.40 bits per heavy atom. The van der Waals surface area contributed by atoms with Gasteiger partial charge in [0.2, 0.25) is 0 Å². The van der Waals surface area contributed by atoms with E-state index in [9.17, 15) is 0 Å². The summed E-state index contributed by atoms with van der Waals surface area (Å²) in [5.74, 6) is 1.03. The third-order valence-electron chi connectivity index (χ3n) is 3.65. The number of anilines is 1. The van der Waals surface area contributed by atoms with E-state index < -0.39 is 0 Å². The molecular formula is C11H16N4. The summed E-state index contributed by atoms with van der Waals surface area (Å²) < 4.78 is 0. The SMILES string of the molecule is c1cnnc(N2CCC3(CCNC3)C2)c1. The standard InChI is InChI=1S/C11H16N4/c1-2-10(14-13-5-1)15-7-4-11(9-15)3-6-12-8-11/h1-2,5,12H,3-4,6-9H2. The van der Waals surface area contributed by atoms with E-state index in [1.54, 1.807) is 6.20 Å². The molecule has 2 aliphatic rings. The molecule has 4 nitrogen and oxygen atoms in total. The van der Waals surface area contributed by atoms with Crippen LogP contribution in [0, 0.1) is 5.41 Å². The van der Waals surface area contributed by atoms with Gasteiger partial charge < -0.3 is 10.2 Å². The van der Waals surface area contributed by atoms with Crippen molar-refractivity contribution in [3.8, 4) is 0 Å². The van der Waals surface area contributed by atoms with Crippen molar-refractivity contribution in [2.24, 2.45) is 5.41 Å². The first-order valence-electron chi connectivity index (χ1n) is 5.61. The second kappa shape index (κ2) is 3.45. The molecule has 3 rings (SSSR count). The molecule has 1 atom stereocenters. The quantitative estimate of drug-likeness (QED) is 0.730. The van der Waals surface area contributed by atoms with Crippen molar-refractivity contribution in [2.75, 3.05) is 31.1 Å². The van der Waals surface area contributed by atoms with E-state index in [0.717, 1.165) is 18.9 Å². The summed E-state index contributed by atoms with van der Waals surface area (Å²) in [6, 6.07) is 4.01. The Morgan fingerprint density at radius 1 is 1.40 bits per heavy atom. The first kappa shape index (κ1) is 9.09. The van der Waals surface area contributed by atoms with Crippen molar-refractivity contribution in [3.63, 3.8) is 0 Å². The molecule has 0 radical (unpaired) electrons. The fourth-order valence-corrected chi connectivity index (χ4v) is 2.74. The molecule has 1 N–H and O–H groups in total. The lowest BCUT2D eigenvalue weighted by atomic mass is 9.87. The second-order valence-corrected chi connectivity index (χ2v) is 4.68. The Bertz CT molecular complexity index is 332. The van der Waals surface area contributed by atoms with Gasteiger partial charge in [0, 0.05) is 31.2 Å². The van der Waals surface area contributed by atoms with Crippen LogP contribution in [0.25, 0.3) is 0 Å². The fourth-order valence-electron chi connectivity index (χ4n) is 2.74. The van der Waals surface area contributed by atoms with E-state index in [0.29, 0.717) is 5.41 Å². The summed E-state index contributed by atoms with van der Waals surface area (Å²) in [7, 11) is 0. The highest BCUT2D eigenvalue weighted by Crippen LogP contribution is 2.37. The van der Waals surface area contributed by atoms with Gasteiger partial charge in [-0.05, 0) is 31.5 Å². The number of aromatic nitrogens is 2. The van der Waals surface area contributed by atoms with Crippen molar-refractivity contribution in [1.29, 1.82) is 0 Å². The van der Waals surface area contributed by atoms with Crippen LogP contribution in [0.3, 0.4) is 0 Å². The van der Waals surface area contributed by atoms with Crippen molar-refractivity contribution < 1.29 is 0 Å². The number of nitrogens with one attached hydrogen (secondary N) is 1. The molecule has 4 heteroatoms. The third kappa shape index (κ3) is 1.59. The predicted octanol–water partition coefficient (Wildman–Crippen LogP) is 0.666. The predicted molar refractivity (Wildman–Crippen MR) is 58.8 cm³/mol. The van der Waals surface area contributed by atoms with Gasteiger partial charge in [-0.2, -0.15) is 5.10 Å². The molecule has 2 aliphatic heterocycles. The minimum atomic E-state index is 0.511. The summed E-state index contributed by atoms with van der Waals surface area (Å²) in [5.41, 5.74) is 0.511. The lowest BCUT2D eigenvalue weighted by Gasteiger charge is -2.22. The zero-order chi connectivity index (χ0) is 10.1. The monoisotopic (exact) mass is 204 g/mol. The Labute approximate surface area is 89.7 Å². The zero-order valence-electron chi connectivity index (χ0n) is 8.82. The van der Waals surface area contributed by atoms with Crippen LogP contribution >= 0.6 is 0 Å². The molecule has 0 bridgehead atoms. The largest absolute Gasteiger partial charge is 0.355 e. The molecule has 0 saturated carbocycles. The van der Waals surface area contributed by atoms with E-state index in [2.05, 4.69) is 26.5 Å². The van der Waals surface area contributed by atoms with E-state index >= 15 is 0 Å². The molecule has 2 fully saturated rings. The van der Waals surface area contributed by atoms with Gasteiger partial charge in [0.25, 0.3) is 0 Å². The lowest BCUT2D eigenvalue weighted by molar-refractivity contribution is 0.369. The van der Waals surface area contributed by atoms with Gasteiger partial charge in [0.15, 0.2) is 5.82 Å². The fraction of sp³-hybridized carbons (Fsp3) is 0.636. The summed E-state index contributed by atoms with van der Waals surface area (Å²) in [5, 5.41) is 11.6. The normalized spacial score (nSPS) is 30.3. The minimum Gasteiger partial charge on any atom is -0.355 e. The Hall–Kier alpha value is -1.16. The molecule has 1 aromatic heterocycles. The van der Waals surface area contributed by atoms with Crippen LogP contribution < -0.4 is 10.2 Å². The third-order valence-corrected chi connectivity index (χ3v) is 3.65. The van der Waals surface area contributed by atoms with Crippen LogP contribution in [0.2, 0.25) is 0 Å². The molecule has 0 aliphatic carbocycles. The molecule has 2 saturated heterocycles. The van der Waals surface area contributed by atoms with Crippen molar-refractivity contribution in [3.05, 3.63) is 18.3 Å². The molecule has 80 valence electrons. The Balaban J connectivity index is 1.76. The topological polar surface area (TPSA) is 41.1 Å². The molecule has 15 heavy (non-hydrogen) atoms. The van der Waals surface area contributed by atoms with Crippen molar-refractivity contribution >= 4 is 5.82 Å². The highest BCUT2D eigenvalue weighted by Gasteiger charge is 2.40. The summed E-state index contributed by atoms with van der Waals surface area (Å²) in [4.78, 5) is 2.36. The van der Waals surface area contributed by atoms with Crippen molar-refractivity contribution in [1.82, 2.24) is 15.5 Å². The summed E-state index contributed by atoms with van der Waals surface area (Å²) in [6.07, 6.45) is 4.33. The van der Waals surface area contributed by atoms with Crippen molar-refractivity contribution in [2.45, 2.75) is 12.8 Å². The second-order valence-electron chi connectivity index (χ2n) is 4.68. The highest BCUT2D eigenvalue weighted by atomic mass is 15.3. The molecule has 1 aromatic rings. The Morgan fingerprint density at radius 3 is 3.13 bits per heavy atom. The number of nitrogens with zero attached hydrogens (tertiary/aromatic N) is 3. The number of rotatable bonds is 1. The molecule has 0 aromatic carbocycles. The maximum Gasteiger partial charge on any atom is 0.151 e. The first-order valence-corrected chi connectivity index (χ1v) is 5.61. The van der Waals surface area contributed by atoms with Crippen LogP contribution in [0.1, 0.15) is 12.8 Å². The van der Waals surface area contributed by atoms with Gasteiger partial charge in [-0.3, -0.25) is 0 Å². The van der Waals surface area contributed by atoms with E-state index in [1.165, 1.54) is 25.9 Å². The van der Waals surface area contributed by atoms with E-state index in [1.807, 2.05) is 6.07 Å². The molecule has 0 amide bonds. The minimum absolute atomic E-state index is 0.511. The van der Waals surface area contributed by atoms with Gasteiger partial charge in [-0.1, -0.05) is 0 Å². The Kier molecular flexibility index (Phi) is 2.09. The average Bonchev–Trinajstić information content (AvgIpc) is 2.91. The molecule has 1 spiro atoms. The summed E-state index contributed by atoms with van der Waals surface area (Å²) >= 11 is 0. The molecular weight excluding hydrogens is 188 g/mol. The summed E-state index contributed by atoms with van der Waals surface area (Å²) in [6.45, 7) is 4.61. The highest BCUT2D eigenvalue weighted by molar-refractivity contribution is 5.38. The average molecular weight is 204 g/mol. The maximum absolute atomic E-state index is 4.17.